The fourth-order valence-corrected chi connectivity index (χ4v) is 2.15. The molecule has 0 fully saturated rings. The van der Waals surface area contributed by atoms with Crippen LogP contribution in [0.2, 0.25) is 5.02 Å². The van der Waals surface area contributed by atoms with Gasteiger partial charge in [-0.05, 0) is 18.7 Å². The fourth-order valence-electron chi connectivity index (χ4n) is 1.88. The Labute approximate surface area is 98.8 Å². The SMILES string of the molecule is Cn1cc(C(=O)CCN)c2c(Cl)cccc21. The molecule has 0 radical (unpaired) electrons. The molecule has 0 bridgehead atoms. The first-order valence-electron chi connectivity index (χ1n) is 5.12. The molecule has 0 aliphatic rings. The molecule has 1 aromatic heterocycles. The molecular formula is C12H13ClN2O. The monoisotopic (exact) mass is 236 g/mol. The minimum atomic E-state index is 0.0428. The van der Waals surface area contributed by atoms with E-state index >= 15 is 0 Å². The van der Waals surface area contributed by atoms with Gasteiger partial charge in [0.25, 0.3) is 0 Å². The van der Waals surface area contributed by atoms with Gasteiger partial charge in [0.15, 0.2) is 5.78 Å². The number of fused-ring (bicyclic) bond motifs is 1. The van der Waals surface area contributed by atoms with Crippen LogP contribution in [0.1, 0.15) is 16.8 Å². The Bertz CT molecular complexity index is 545. The lowest BCUT2D eigenvalue weighted by molar-refractivity contribution is 0.0987. The predicted octanol–water partition coefficient (Wildman–Crippen LogP) is 2.36. The van der Waals surface area contributed by atoms with Gasteiger partial charge < -0.3 is 10.3 Å². The summed E-state index contributed by atoms with van der Waals surface area (Å²) in [6.07, 6.45) is 2.17. The first kappa shape index (κ1) is 11.2. The van der Waals surface area contributed by atoms with Gasteiger partial charge in [0.1, 0.15) is 0 Å². The molecule has 0 atom stereocenters. The number of carbonyl (C=O) groups excluding carboxylic acids is 1. The normalized spacial score (nSPS) is 10.9. The second-order valence-corrected chi connectivity index (χ2v) is 4.16. The van der Waals surface area contributed by atoms with Crippen LogP contribution in [0.25, 0.3) is 10.9 Å². The number of ketones is 1. The first-order chi connectivity index (χ1) is 7.65. The number of hydrogen-bond acceptors (Lipinski definition) is 2. The van der Waals surface area contributed by atoms with Crippen LogP contribution in [-0.2, 0) is 7.05 Å². The van der Waals surface area contributed by atoms with Crippen LogP contribution >= 0.6 is 11.6 Å². The molecule has 3 nitrogen and oxygen atoms in total. The summed E-state index contributed by atoms with van der Waals surface area (Å²) in [4.78, 5) is 11.9. The Kier molecular flexibility index (Phi) is 2.99. The Morgan fingerprint density at radius 1 is 1.50 bits per heavy atom. The summed E-state index contributed by atoms with van der Waals surface area (Å²) in [5.74, 6) is 0.0428. The first-order valence-corrected chi connectivity index (χ1v) is 5.49. The topological polar surface area (TPSA) is 48.0 Å². The van der Waals surface area contributed by atoms with Crippen LogP contribution in [0.3, 0.4) is 0 Å². The van der Waals surface area contributed by atoms with Crippen LogP contribution in [0.4, 0.5) is 0 Å². The van der Waals surface area contributed by atoms with Crippen LogP contribution in [0, 0.1) is 0 Å². The van der Waals surface area contributed by atoms with Gasteiger partial charge in [0.05, 0.1) is 5.02 Å². The highest BCUT2D eigenvalue weighted by molar-refractivity contribution is 6.36. The van der Waals surface area contributed by atoms with Gasteiger partial charge in [-0.15, -0.1) is 0 Å². The Morgan fingerprint density at radius 2 is 2.25 bits per heavy atom. The average molecular weight is 237 g/mol. The zero-order valence-electron chi connectivity index (χ0n) is 9.03. The Hall–Kier alpha value is -1.32. The molecule has 1 heterocycles. The lowest BCUT2D eigenvalue weighted by atomic mass is 10.1. The van der Waals surface area contributed by atoms with Gasteiger partial charge >= 0.3 is 0 Å². The summed E-state index contributed by atoms with van der Waals surface area (Å²) >= 11 is 6.12. The third-order valence-corrected chi connectivity index (χ3v) is 2.95. The largest absolute Gasteiger partial charge is 0.350 e. The number of Topliss-reactive ketones (excluding diaryl/α,β-unsaturated/α-hetero) is 1. The molecule has 4 heteroatoms. The number of benzene rings is 1. The van der Waals surface area contributed by atoms with E-state index in [1.807, 2.05) is 29.9 Å². The molecular weight excluding hydrogens is 224 g/mol. The molecule has 0 spiro atoms. The smallest absolute Gasteiger partial charge is 0.166 e. The maximum Gasteiger partial charge on any atom is 0.166 e. The predicted molar refractivity (Wildman–Crippen MR) is 65.9 cm³/mol. The van der Waals surface area contributed by atoms with E-state index in [1.165, 1.54) is 0 Å². The zero-order valence-corrected chi connectivity index (χ0v) is 9.79. The number of nitrogens with two attached hydrogens (primary N) is 1. The van der Waals surface area contributed by atoms with Crippen molar-refractivity contribution in [1.82, 2.24) is 4.57 Å². The molecule has 2 rings (SSSR count). The average Bonchev–Trinajstić information content (AvgIpc) is 2.58. The van der Waals surface area contributed by atoms with Gasteiger partial charge in [0, 0.05) is 36.1 Å². The van der Waals surface area contributed by atoms with Crippen molar-refractivity contribution in [2.45, 2.75) is 6.42 Å². The maximum absolute atomic E-state index is 11.9. The molecule has 0 unspecified atom stereocenters. The highest BCUT2D eigenvalue weighted by atomic mass is 35.5. The van der Waals surface area contributed by atoms with E-state index in [2.05, 4.69) is 0 Å². The molecule has 0 amide bonds. The number of hydrogen-bond donors (Lipinski definition) is 1. The number of rotatable bonds is 3. The van der Waals surface area contributed by atoms with E-state index in [1.54, 1.807) is 6.07 Å². The lowest BCUT2D eigenvalue weighted by Crippen LogP contribution is -2.07. The van der Waals surface area contributed by atoms with Crippen molar-refractivity contribution in [2.75, 3.05) is 6.54 Å². The molecule has 84 valence electrons. The van der Waals surface area contributed by atoms with E-state index in [0.29, 0.717) is 23.6 Å². The summed E-state index contributed by atoms with van der Waals surface area (Å²) in [5.41, 5.74) is 7.02. The molecule has 2 aromatic rings. The summed E-state index contributed by atoms with van der Waals surface area (Å²) in [5, 5.41) is 1.43. The molecule has 1 aromatic carbocycles. The minimum absolute atomic E-state index is 0.0428. The van der Waals surface area contributed by atoms with Crippen LogP contribution in [0.15, 0.2) is 24.4 Å². The van der Waals surface area contributed by atoms with Gasteiger partial charge in [-0.25, -0.2) is 0 Å². The summed E-state index contributed by atoms with van der Waals surface area (Å²) in [6.45, 7) is 0.361. The van der Waals surface area contributed by atoms with Gasteiger partial charge in [-0.2, -0.15) is 0 Å². The zero-order chi connectivity index (χ0) is 11.7. The van der Waals surface area contributed by atoms with Gasteiger partial charge in [-0.1, -0.05) is 17.7 Å². The van der Waals surface area contributed by atoms with Crippen molar-refractivity contribution in [3.63, 3.8) is 0 Å². The molecule has 0 aliphatic carbocycles. The Balaban J connectivity index is 2.66. The van der Waals surface area contributed by atoms with Crippen molar-refractivity contribution in [3.8, 4) is 0 Å². The van der Waals surface area contributed by atoms with Crippen molar-refractivity contribution in [3.05, 3.63) is 35.0 Å². The fraction of sp³-hybridized carbons (Fsp3) is 0.250. The van der Waals surface area contributed by atoms with Crippen LogP contribution in [0.5, 0.6) is 0 Å². The maximum atomic E-state index is 11.9. The third-order valence-electron chi connectivity index (χ3n) is 2.64. The van der Waals surface area contributed by atoms with E-state index in [-0.39, 0.29) is 5.78 Å². The minimum Gasteiger partial charge on any atom is -0.350 e. The number of carbonyl (C=O) groups is 1. The summed E-state index contributed by atoms with van der Waals surface area (Å²) in [6, 6.07) is 5.62. The number of aryl methyl sites for hydroxylation is 1. The lowest BCUT2D eigenvalue weighted by Gasteiger charge is -1.99. The summed E-state index contributed by atoms with van der Waals surface area (Å²) in [7, 11) is 1.90. The highest BCUT2D eigenvalue weighted by Gasteiger charge is 2.15. The number of aromatic nitrogens is 1. The van der Waals surface area contributed by atoms with Crippen molar-refractivity contribution in [2.24, 2.45) is 12.8 Å². The molecule has 0 saturated carbocycles. The third kappa shape index (κ3) is 1.72. The van der Waals surface area contributed by atoms with E-state index in [4.69, 9.17) is 17.3 Å². The number of halogens is 1. The van der Waals surface area contributed by atoms with E-state index < -0.39 is 0 Å². The molecule has 2 N–H and O–H groups in total. The van der Waals surface area contributed by atoms with Crippen molar-refractivity contribution >= 4 is 28.3 Å². The summed E-state index contributed by atoms with van der Waals surface area (Å²) < 4.78 is 1.91. The van der Waals surface area contributed by atoms with Crippen LogP contribution < -0.4 is 5.73 Å². The second-order valence-electron chi connectivity index (χ2n) is 3.75. The second kappa shape index (κ2) is 4.28. The van der Waals surface area contributed by atoms with Crippen molar-refractivity contribution < 1.29 is 4.79 Å². The standard InChI is InChI=1S/C12H13ClN2O/c1-15-7-8(11(16)5-6-14)12-9(13)3-2-4-10(12)15/h2-4,7H,5-6,14H2,1H3. The van der Waals surface area contributed by atoms with Crippen LogP contribution in [-0.4, -0.2) is 16.9 Å². The molecule has 16 heavy (non-hydrogen) atoms. The Morgan fingerprint density at radius 3 is 2.94 bits per heavy atom. The van der Waals surface area contributed by atoms with Gasteiger partial charge in [0.2, 0.25) is 0 Å². The van der Waals surface area contributed by atoms with E-state index in [9.17, 15) is 4.79 Å². The van der Waals surface area contributed by atoms with E-state index in [0.717, 1.165) is 10.9 Å². The molecule has 0 aliphatic heterocycles. The van der Waals surface area contributed by atoms with Crippen molar-refractivity contribution in [1.29, 1.82) is 0 Å². The molecule has 0 saturated heterocycles. The van der Waals surface area contributed by atoms with Gasteiger partial charge in [-0.3, -0.25) is 4.79 Å². The number of nitrogens with zero attached hydrogens (tertiary/aromatic N) is 1. The highest BCUT2D eigenvalue weighted by Crippen LogP contribution is 2.28. The quantitative estimate of drug-likeness (QED) is 0.832.